The number of fused-ring (bicyclic) bond motifs is 1. The van der Waals surface area contributed by atoms with Crippen molar-refractivity contribution in [1.82, 2.24) is 9.55 Å². The fraction of sp³-hybridized carbons (Fsp3) is 0.467. The number of aromatic nitrogens is 2. The number of imidazole rings is 1. The molecule has 0 aliphatic heterocycles. The summed E-state index contributed by atoms with van der Waals surface area (Å²) in [7, 11) is 0. The van der Waals surface area contributed by atoms with Crippen molar-refractivity contribution < 1.29 is 0 Å². The van der Waals surface area contributed by atoms with Gasteiger partial charge in [-0.25, -0.2) is 0 Å². The van der Waals surface area contributed by atoms with Crippen LogP contribution in [0.4, 0.5) is 0 Å². The van der Waals surface area contributed by atoms with Crippen molar-refractivity contribution in [2.24, 2.45) is 5.92 Å². The molecule has 3 rings (SSSR count). The van der Waals surface area contributed by atoms with Crippen LogP contribution < -0.4 is 0 Å². The zero-order valence-corrected chi connectivity index (χ0v) is 11.8. The highest BCUT2D eigenvalue weighted by molar-refractivity contribution is 7.71. The van der Waals surface area contributed by atoms with Gasteiger partial charge in [-0.05, 0) is 43.1 Å². The van der Waals surface area contributed by atoms with E-state index in [-0.39, 0.29) is 0 Å². The summed E-state index contributed by atoms with van der Waals surface area (Å²) in [6.45, 7) is 2.31. The molecular formula is C15H17N3S. The lowest BCUT2D eigenvalue weighted by Crippen LogP contribution is -2.17. The molecule has 1 aliphatic carbocycles. The summed E-state index contributed by atoms with van der Waals surface area (Å²) in [5, 5.41) is 9.17. The van der Waals surface area contributed by atoms with Gasteiger partial charge in [-0.1, -0.05) is 25.8 Å². The van der Waals surface area contributed by atoms with Crippen LogP contribution in [-0.2, 0) is 0 Å². The molecule has 0 bridgehead atoms. The van der Waals surface area contributed by atoms with E-state index in [1.807, 2.05) is 12.1 Å². The number of hydrogen-bond acceptors (Lipinski definition) is 2. The quantitative estimate of drug-likeness (QED) is 0.785. The van der Waals surface area contributed by atoms with Gasteiger partial charge in [0.05, 0.1) is 16.6 Å². The second kappa shape index (κ2) is 4.82. The maximum absolute atomic E-state index is 9.17. The first-order valence-corrected chi connectivity index (χ1v) is 7.25. The van der Waals surface area contributed by atoms with E-state index in [1.165, 1.54) is 25.7 Å². The average molecular weight is 271 g/mol. The Morgan fingerprint density at radius 1 is 1.42 bits per heavy atom. The number of H-pyrrole nitrogens is 1. The molecule has 1 heterocycles. The lowest BCUT2D eigenvalue weighted by atomic mass is 9.87. The Balaban J connectivity index is 2.16. The predicted molar refractivity (Wildman–Crippen MR) is 78.5 cm³/mol. The molecule has 1 fully saturated rings. The molecule has 0 spiro atoms. The van der Waals surface area contributed by atoms with Crippen molar-refractivity contribution in [3.63, 3.8) is 0 Å². The lowest BCUT2D eigenvalue weighted by molar-refractivity contribution is 0.285. The molecule has 1 N–H and O–H groups in total. The Labute approximate surface area is 117 Å². The van der Waals surface area contributed by atoms with E-state index in [2.05, 4.69) is 28.6 Å². The third-order valence-corrected chi connectivity index (χ3v) is 4.45. The van der Waals surface area contributed by atoms with Gasteiger partial charge >= 0.3 is 0 Å². The van der Waals surface area contributed by atoms with Gasteiger partial charge in [0, 0.05) is 6.04 Å². The highest BCUT2D eigenvalue weighted by Gasteiger charge is 2.22. The summed E-state index contributed by atoms with van der Waals surface area (Å²) in [6.07, 6.45) is 4.94. The van der Waals surface area contributed by atoms with Gasteiger partial charge in [0.1, 0.15) is 6.07 Å². The van der Waals surface area contributed by atoms with Crippen LogP contribution in [0.1, 0.15) is 44.2 Å². The van der Waals surface area contributed by atoms with Crippen LogP contribution in [0.5, 0.6) is 0 Å². The molecule has 98 valence electrons. The van der Waals surface area contributed by atoms with Crippen LogP contribution in [0.2, 0.25) is 0 Å². The van der Waals surface area contributed by atoms with Crippen molar-refractivity contribution >= 4 is 23.3 Å². The summed E-state index contributed by atoms with van der Waals surface area (Å²) >= 11 is 5.48. The van der Waals surface area contributed by atoms with Crippen molar-refractivity contribution in [2.45, 2.75) is 38.6 Å². The van der Waals surface area contributed by atoms with E-state index < -0.39 is 0 Å². The summed E-state index contributed by atoms with van der Waals surface area (Å²) in [4.78, 5) is 3.21. The van der Waals surface area contributed by atoms with Crippen molar-refractivity contribution in [3.05, 3.63) is 28.5 Å². The molecule has 4 heteroatoms. The van der Waals surface area contributed by atoms with Crippen LogP contribution in [0.25, 0.3) is 11.0 Å². The number of aromatic amines is 1. The third kappa shape index (κ3) is 2.08. The second-order valence-corrected chi connectivity index (χ2v) is 5.92. The summed E-state index contributed by atoms with van der Waals surface area (Å²) in [5.41, 5.74) is 2.63. The zero-order valence-electron chi connectivity index (χ0n) is 11.0. The molecule has 0 radical (unpaired) electrons. The number of nitriles is 1. The van der Waals surface area contributed by atoms with E-state index in [0.717, 1.165) is 21.7 Å². The summed E-state index contributed by atoms with van der Waals surface area (Å²) in [5.74, 6) is 0.754. The molecule has 1 aliphatic rings. The Morgan fingerprint density at radius 2 is 2.26 bits per heavy atom. The van der Waals surface area contributed by atoms with Gasteiger partial charge in [-0.2, -0.15) is 5.26 Å². The molecular weight excluding hydrogens is 254 g/mol. The Bertz CT molecular complexity index is 704. The Morgan fingerprint density at radius 3 is 3.00 bits per heavy atom. The largest absolute Gasteiger partial charge is 0.329 e. The Kier molecular flexibility index (Phi) is 3.16. The number of para-hydroxylation sites is 1. The number of rotatable bonds is 1. The standard InChI is InChI=1S/C15H17N3S/c1-10-4-2-6-12(8-10)18-13-7-3-5-11(9-16)14(13)17-15(18)19/h3,5,7,10,12H,2,4,6,8H2,1H3,(H,17,19). The molecule has 2 atom stereocenters. The maximum Gasteiger partial charge on any atom is 0.178 e. The van der Waals surface area contributed by atoms with E-state index in [9.17, 15) is 5.26 Å². The van der Waals surface area contributed by atoms with Crippen molar-refractivity contribution in [3.8, 4) is 6.07 Å². The van der Waals surface area contributed by atoms with Crippen molar-refractivity contribution in [1.29, 1.82) is 5.26 Å². The van der Waals surface area contributed by atoms with E-state index in [1.54, 1.807) is 0 Å². The molecule has 0 amide bonds. The smallest absolute Gasteiger partial charge is 0.178 e. The van der Waals surface area contributed by atoms with Crippen LogP contribution in [0.15, 0.2) is 18.2 Å². The molecule has 1 saturated carbocycles. The van der Waals surface area contributed by atoms with E-state index >= 15 is 0 Å². The molecule has 2 aromatic rings. The lowest BCUT2D eigenvalue weighted by Gasteiger charge is -2.28. The SMILES string of the molecule is CC1CCCC(n2c(=S)[nH]c3c(C#N)cccc32)C1. The van der Waals surface area contributed by atoms with Crippen LogP contribution in [0.3, 0.4) is 0 Å². The summed E-state index contributed by atoms with van der Waals surface area (Å²) in [6, 6.07) is 8.53. The van der Waals surface area contributed by atoms with Gasteiger partial charge in [0.25, 0.3) is 0 Å². The first-order chi connectivity index (χ1) is 9.20. The van der Waals surface area contributed by atoms with Gasteiger partial charge in [0.15, 0.2) is 4.77 Å². The minimum absolute atomic E-state index is 0.471. The number of nitrogens with zero attached hydrogens (tertiary/aromatic N) is 2. The topological polar surface area (TPSA) is 44.5 Å². The molecule has 1 aromatic heterocycles. The van der Waals surface area contributed by atoms with Crippen LogP contribution in [-0.4, -0.2) is 9.55 Å². The first-order valence-electron chi connectivity index (χ1n) is 6.84. The van der Waals surface area contributed by atoms with Crippen LogP contribution >= 0.6 is 12.2 Å². The predicted octanol–water partition coefficient (Wildman–Crippen LogP) is 4.32. The van der Waals surface area contributed by atoms with E-state index in [0.29, 0.717) is 11.6 Å². The molecule has 2 unspecified atom stereocenters. The van der Waals surface area contributed by atoms with Gasteiger partial charge in [-0.15, -0.1) is 0 Å². The van der Waals surface area contributed by atoms with Crippen LogP contribution in [0, 0.1) is 22.0 Å². The van der Waals surface area contributed by atoms with E-state index in [4.69, 9.17) is 12.2 Å². The van der Waals surface area contributed by atoms with Gasteiger partial charge < -0.3 is 9.55 Å². The number of benzene rings is 1. The summed E-state index contributed by atoms with van der Waals surface area (Å²) < 4.78 is 2.97. The van der Waals surface area contributed by atoms with Crippen molar-refractivity contribution in [2.75, 3.05) is 0 Å². The minimum Gasteiger partial charge on any atom is -0.329 e. The highest BCUT2D eigenvalue weighted by atomic mass is 32.1. The number of nitrogens with one attached hydrogen (secondary N) is 1. The van der Waals surface area contributed by atoms with Gasteiger partial charge in [0.2, 0.25) is 0 Å². The first kappa shape index (κ1) is 12.4. The maximum atomic E-state index is 9.17. The average Bonchev–Trinajstić information content (AvgIpc) is 2.74. The fourth-order valence-electron chi connectivity index (χ4n) is 3.24. The fourth-order valence-corrected chi connectivity index (χ4v) is 3.59. The molecule has 19 heavy (non-hydrogen) atoms. The minimum atomic E-state index is 0.471. The normalized spacial score (nSPS) is 23.4. The highest BCUT2D eigenvalue weighted by Crippen LogP contribution is 2.34. The molecule has 3 nitrogen and oxygen atoms in total. The molecule has 1 aromatic carbocycles. The second-order valence-electron chi connectivity index (χ2n) is 5.54. The third-order valence-electron chi connectivity index (χ3n) is 4.15. The number of hydrogen-bond donors (Lipinski definition) is 1. The molecule has 0 saturated heterocycles. The van der Waals surface area contributed by atoms with Gasteiger partial charge in [-0.3, -0.25) is 0 Å². The monoisotopic (exact) mass is 271 g/mol. The zero-order chi connectivity index (χ0) is 13.4. The Hall–Kier alpha value is -1.60.